The lowest BCUT2D eigenvalue weighted by Crippen LogP contribution is -2.05. The highest BCUT2D eigenvalue weighted by molar-refractivity contribution is 5.78. The van der Waals surface area contributed by atoms with Crippen LogP contribution in [0.3, 0.4) is 0 Å². The van der Waals surface area contributed by atoms with Crippen molar-refractivity contribution in [3.63, 3.8) is 0 Å². The van der Waals surface area contributed by atoms with Gasteiger partial charge < -0.3 is 15.5 Å². The Hall–Kier alpha value is -2.63. The summed E-state index contributed by atoms with van der Waals surface area (Å²) in [6.07, 6.45) is 0.454. The first-order valence-electron chi connectivity index (χ1n) is 6.45. The van der Waals surface area contributed by atoms with E-state index in [1.807, 2.05) is 0 Å². The molecule has 0 aliphatic heterocycles. The van der Waals surface area contributed by atoms with Gasteiger partial charge in [0.2, 0.25) is 0 Å². The van der Waals surface area contributed by atoms with Crippen molar-refractivity contribution in [2.75, 3.05) is 17.6 Å². The van der Waals surface area contributed by atoms with Crippen molar-refractivity contribution in [2.45, 2.75) is 6.42 Å². The predicted octanol–water partition coefficient (Wildman–Crippen LogP) is 3.34. The number of oxazole rings is 1. The van der Waals surface area contributed by atoms with Crippen LogP contribution in [0.25, 0.3) is 11.1 Å². The van der Waals surface area contributed by atoms with E-state index >= 15 is 0 Å². The van der Waals surface area contributed by atoms with E-state index < -0.39 is 11.6 Å². The summed E-state index contributed by atoms with van der Waals surface area (Å²) >= 11 is 0. The summed E-state index contributed by atoms with van der Waals surface area (Å²) in [6.45, 7) is 0.450. The number of hydrogen-bond donors (Lipinski definition) is 2. The van der Waals surface area contributed by atoms with E-state index in [2.05, 4.69) is 10.3 Å². The molecule has 0 spiro atoms. The van der Waals surface area contributed by atoms with Crippen molar-refractivity contribution < 1.29 is 13.2 Å². The van der Waals surface area contributed by atoms with Gasteiger partial charge in [0.1, 0.15) is 17.2 Å². The second-order valence-electron chi connectivity index (χ2n) is 4.70. The van der Waals surface area contributed by atoms with Crippen LogP contribution in [0.2, 0.25) is 0 Å². The second kappa shape index (κ2) is 5.40. The van der Waals surface area contributed by atoms with Gasteiger partial charge in [-0.3, -0.25) is 0 Å². The van der Waals surface area contributed by atoms with Gasteiger partial charge in [0.15, 0.2) is 5.58 Å². The third kappa shape index (κ3) is 3.10. The number of halogens is 2. The molecule has 0 unspecified atom stereocenters. The molecule has 3 aromatic rings. The van der Waals surface area contributed by atoms with Crippen LogP contribution in [0.15, 0.2) is 40.8 Å². The smallest absolute Gasteiger partial charge is 0.295 e. The monoisotopic (exact) mass is 289 g/mol. The molecule has 2 aromatic carbocycles. The van der Waals surface area contributed by atoms with E-state index in [1.54, 1.807) is 18.2 Å². The average Bonchev–Trinajstić information content (AvgIpc) is 2.79. The van der Waals surface area contributed by atoms with Crippen LogP contribution in [0.4, 0.5) is 20.5 Å². The molecule has 0 aliphatic rings. The largest absolute Gasteiger partial charge is 0.423 e. The number of anilines is 2. The second-order valence-corrected chi connectivity index (χ2v) is 4.70. The van der Waals surface area contributed by atoms with Gasteiger partial charge in [-0.2, -0.15) is 4.98 Å². The number of rotatable bonds is 4. The molecule has 3 N–H and O–H groups in total. The standard InChI is InChI=1S/C15H13F2N3O/c16-10-5-9(6-11(17)7-10)3-4-19-15-20-13-2-1-12(18)8-14(13)21-15/h1-2,5-8H,3-4,18H2,(H,19,20). The Morgan fingerprint density at radius 2 is 1.86 bits per heavy atom. The maximum absolute atomic E-state index is 13.1. The van der Waals surface area contributed by atoms with Gasteiger partial charge in [-0.15, -0.1) is 0 Å². The number of hydrogen-bond acceptors (Lipinski definition) is 4. The van der Waals surface area contributed by atoms with Crippen LogP contribution < -0.4 is 11.1 Å². The number of nitrogens with zero attached hydrogens (tertiary/aromatic N) is 1. The summed E-state index contributed by atoms with van der Waals surface area (Å²) in [5.41, 5.74) is 8.12. The molecule has 4 nitrogen and oxygen atoms in total. The fourth-order valence-electron chi connectivity index (χ4n) is 2.09. The fraction of sp³-hybridized carbons (Fsp3) is 0.133. The van der Waals surface area contributed by atoms with Crippen molar-refractivity contribution in [3.05, 3.63) is 53.6 Å². The topological polar surface area (TPSA) is 64.1 Å². The van der Waals surface area contributed by atoms with Crippen LogP contribution in [0.5, 0.6) is 0 Å². The minimum absolute atomic E-state index is 0.354. The van der Waals surface area contributed by atoms with E-state index in [9.17, 15) is 8.78 Å². The van der Waals surface area contributed by atoms with E-state index in [1.165, 1.54) is 12.1 Å². The summed E-state index contributed by atoms with van der Waals surface area (Å²) in [4.78, 5) is 4.24. The average molecular weight is 289 g/mol. The lowest BCUT2D eigenvalue weighted by molar-refractivity contribution is 0.579. The van der Waals surface area contributed by atoms with Crippen molar-refractivity contribution in [1.29, 1.82) is 0 Å². The van der Waals surface area contributed by atoms with Crippen molar-refractivity contribution in [2.24, 2.45) is 0 Å². The number of nitrogens with two attached hydrogens (primary N) is 1. The number of aromatic nitrogens is 1. The van der Waals surface area contributed by atoms with E-state index in [-0.39, 0.29) is 0 Å². The number of benzene rings is 2. The zero-order chi connectivity index (χ0) is 14.8. The molecule has 0 saturated carbocycles. The molecule has 0 amide bonds. The molecule has 1 aromatic heterocycles. The summed E-state index contributed by atoms with van der Waals surface area (Å²) in [5.74, 6) is -1.16. The Labute approximate surface area is 119 Å². The number of fused-ring (bicyclic) bond motifs is 1. The molecule has 0 fully saturated rings. The fourth-order valence-corrected chi connectivity index (χ4v) is 2.09. The highest BCUT2D eigenvalue weighted by Gasteiger charge is 2.06. The lowest BCUT2D eigenvalue weighted by atomic mass is 10.1. The molecular weight excluding hydrogens is 276 g/mol. The zero-order valence-electron chi connectivity index (χ0n) is 11.1. The Morgan fingerprint density at radius 1 is 1.10 bits per heavy atom. The third-order valence-corrected chi connectivity index (χ3v) is 3.02. The van der Waals surface area contributed by atoms with Crippen molar-refractivity contribution in [1.82, 2.24) is 4.98 Å². The molecule has 3 rings (SSSR count). The predicted molar refractivity (Wildman–Crippen MR) is 77.0 cm³/mol. The van der Waals surface area contributed by atoms with Gasteiger partial charge in [0.25, 0.3) is 6.01 Å². The van der Waals surface area contributed by atoms with Crippen molar-refractivity contribution >= 4 is 22.8 Å². The third-order valence-electron chi connectivity index (χ3n) is 3.02. The van der Waals surface area contributed by atoms with E-state index in [0.29, 0.717) is 41.3 Å². The molecule has 21 heavy (non-hydrogen) atoms. The van der Waals surface area contributed by atoms with E-state index in [0.717, 1.165) is 6.07 Å². The first-order chi connectivity index (χ1) is 10.1. The quantitative estimate of drug-likeness (QED) is 0.723. The van der Waals surface area contributed by atoms with Gasteiger partial charge in [-0.1, -0.05) is 0 Å². The van der Waals surface area contributed by atoms with Crippen molar-refractivity contribution in [3.8, 4) is 0 Å². The maximum Gasteiger partial charge on any atom is 0.295 e. The zero-order valence-corrected chi connectivity index (χ0v) is 11.1. The maximum atomic E-state index is 13.1. The van der Waals surface area contributed by atoms with Crippen LogP contribution in [-0.2, 0) is 6.42 Å². The highest BCUT2D eigenvalue weighted by atomic mass is 19.1. The first-order valence-corrected chi connectivity index (χ1v) is 6.45. The minimum Gasteiger partial charge on any atom is -0.423 e. The van der Waals surface area contributed by atoms with Gasteiger partial charge in [0.05, 0.1) is 0 Å². The molecule has 0 aliphatic carbocycles. The molecule has 0 saturated heterocycles. The van der Waals surface area contributed by atoms with Crippen LogP contribution in [-0.4, -0.2) is 11.5 Å². The Bertz CT molecular complexity index is 765. The lowest BCUT2D eigenvalue weighted by Gasteiger charge is -2.03. The van der Waals surface area contributed by atoms with Gasteiger partial charge in [-0.05, 0) is 36.2 Å². The normalized spacial score (nSPS) is 11.0. The molecule has 108 valence electrons. The molecular formula is C15H13F2N3O. The Balaban J connectivity index is 1.66. The number of nitrogens with one attached hydrogen (secondary N) is 1. The van der Waals surface area contributed by atoms with Gasteiger partial charge in [-0.25, -0.2) is 8.78 Å². The number of nitrogen functional groups attached to an aromatic ring is 1. The van der Waals surface area contributed by atoms with E-state index in [4.69, 9.17) is 10.2 Å². The van der Waals surface area contributed by atoms with Crippen LogP contribution >= 0.6 is 0 Å². The summed E-state index contributed by atoms with van der Waals surface area (Å²) in [7, 11) is 0. The molecule has 1 heterocycles. The van der Waals surface area contributed by atoms with Crippen LogP contribution in [0, 0.1) is 11.6 Å². The van der Waals surface area contributed by atoms with Gasteiger partial charge in [0, 0.05) is 24.4 Å². The summed E-state index contributed by atoms with van der Waals surface area (Å²) in [6, 6.07) is 9.01. The molecule has 0 bridgehead atoms. The van der Waals surface area contributed by atoms with Crippen LogP contribution in [0.1, 0.15) is 5.56 Å². The molecule has 0 radical (unpaired) electrons. The summed E-state index contributed by atoms with van der Waals surface area (Å²) in [5, 5.41) is 2.98. The summed E-state index contributed by atoms with van der Waals surface area (Å²) < 4.78 is 31.6. The Kier molecular flexibility index (Phi) is 3.43. The minimum atomic E-state index is -0.581. The Morgan fingerprint density at radius 3 is 2.62 bits per heavy atom. The molecule has 0 atom stereocenters. The van der Waals surface area contributed by atoms with Gasteiger partial charge >= 0.3 is 0 Å². The molecule has 6 heteroatoms. The highest BCUT2D eigenvalue weighted by Crippen LogP contribution is 2.21. The first kappa shape index (κ1) is 13.4. The SMILES string of the molecule is Nc1ccc2nc(NCCc3cc(F)cc(F)c3)oc2c1.